The van der Waals surface area contributed by atoms with Crippen LogP contribution in [0.3, 0.4) is 0 Å². The average molecular weight is 312 g/mol. The number of nitrogens with zero attached hydrogens (tertiary/aromatic N) is 1. The number of carboxylic acids is 1. The van der Waals surface area contributed by atoms with Crippen LogP contribution in [0, 0.1) is 5.92 Å². The number of carbonyl (C=O) groups is 1. The van der Waals surface area contributed by atoms with Crippen LogP contribution in [0.2, 0.25) is 0 Å². The van der Waals surface area contributed by atoms with Gasteiger partial charge in [0.2, 0.25) is 0 Å². The van der Waals surface area contributed by atoms with E-state index < -0.39 is 48.2 Å². The zero-order valence-electron chi connectivity index (χ0n) is 11.7. The highest BCUT2D eigenvalue weighted by Crippen LogP contribution is 2.33. The molecule has 0 aliphatic carbocycles. The minimum absolute atomic E-state index is 0.0419. The summed E-state index contributed by atoms with van der Waals surface area (Å²) in [5.41, 5.74) is -1.52. The summed E-state index contributed by atoms with van der Waals surface area (Å²) >= 11 is 0. The Morgan fingerprint density at radius 3 is 2.73 bits per heavy atom. The molecule has 2 rings (SSSR count). The second-order valence-corrected chi connectivity index (χ2v) is 5.02. The molecule has 0 amide bonds. The highest BCUT2D eigenvalue weighted by molar-refractivity contribution is 5.85. The molecule has 1 aromatic heterocycles. The first-order valence-corrected chi connectivity index (χ1v) is 6.56. The molecule has 2 heterocycles. The van der Waals surface area contributed by atoms with Crippen LogP contribution in [0.5, 0.6) is 0 Å². The summed E-state index contributed by atoms with van der Waals surface area (Å²) in [7, 11) is 0. The third kappa shape index (κ3) is 3.01. The summed E-state index contributed by atoms with van der Waals surface area (Å²) in [5.74, 6) is -1.74. The van der Waals surface area contributed by atoms with E-state index in [2.05, 4.69) is 4.98 Å². The van der Waals surface area contributed by atoms with Gasteiger partial charge >= 0.3 is 11.7 Å². The summed E-state index contributed by atoms with van der Waals surface area (Å²) in [6.07, 6.45) is 0.298. The van der Waals surface area contributed by atoms with Crippen molar-refractivity contribution >= 4 is 12.0 Å². The number of carboxylic acid groups (broad SMARTS) is 1. The fourth-order valence-corrected chi connectivity index (χ4v) is 2.33. The van der Waals surface area contributed by atoms with E-state index in [1.54, 1.807) is 6.92 Å². The number of hydrogen-bond donors (Lipinski definition) is 4. The van der Waals surface area contributed by atoms with Gasteiger partial charge in [0, 0.05) is 18.2 Å². The third-order valence-corrected chi connectivity index (χ3v) is 3.54. The van der Waals surface area contributed by atoms with Crippen molar-refractivity contribution in [3.05, 3.63) is 38.7 Å². The number of rotatable bonds is 4. The molecule has 22 heavy (non-hydrogen) atoms. The van der Waals surface area contributed by atoms with Crippen molar-refractivity contribution in [1.82, 2.24) is 9.55 Å². The molecule has 1 aliphatic heterocycles. The van der Waals surface area contributed by atoms with Crippen molar-refractivity contribution in [2.75, 3.05) is 6.61 Å². The van der Waals surface area contributed by atoms with Gasteiger partial charge in [0.15, 0.2) is 0 Å². The Hall–Kier alpha value is -2.23. The first-order valence-electron chi connectivity index (χ1n) is 6.56. The summed E-state index contributed by atoms with van der Waals surface area (Å²) < 4.78 is 6.48. The Labute approximate surface area is 124 Å². The van der Waals surface area contributed by atoms with Gasteiger partial charge in [0.1, 0.15) is 12.3 Å². The number of nitrogens with one attached hydrogen (secondary N) is 1. The predicted molar refractivity (Wildman–Crippen MR) is 74.2 cm³/mol. The number of ether oxygens (including phenoxy) is 1. The molecule has 9 nitrogen and oxygen atoms in total. The largest absolute Gasteiger partial charge is 0.478 e. The zero-order valence-corrected chi connectivity index (χ0v) is 11.7. The highest BCUT2D eigenvalue weighted by atomic mass is 16.5. The standard InChI is InChI=1S/C13H16N2O7/c1-6-10(19)8(5-16)22-12(6)15-4-7(2-3-9(17)18)11(20)14-13(15)21/h2-4,6,8,10,12,16,19H,5H2,1H3,(H,17,18)(H,14,20,21)/b3-2+/t6-,8+,10-,12+/m0/s1. The number of H-pyrrole nitrogens is 1. The van der Waals surface area contributed by atoms with Crippen LogP contribution in [0.1, 0.15) is 18.7 Å². The second kappa shape index (κ2) is 6.26. The van der Waals surface area contributed by atoms with E-state index in [4.69, 9.17) is 14.9 Å². The maximum Gasteiger partial charge on any atom is 0.330 e. The van der Waals surface area contributed by atoms with Gasteiger partial charge < -0.3 is 20.1 Å². The molecule has 1 fully saturated rings. The van der Waals surface area contributed by atoms with Crippen LogP contribution in [0.4, 0.5) is 0 Å². The molecule has 0 radical (unpaired) electrons. The minimum Gasteiger partial charge on any atom is -0.478 e. The summed E-state index contributed by atoms with van der Waals surface area (Å²) in [6, 6.07) is 0. The highest BCUT2D eigenvalue weighted by Gasteiger charge is 2.41. The zero-order chi connectivity index (χ0) is 16.4. The maximum atomic E-state index is 11.9. The van der Waals surface area contributed by atoms with Crippen molar-refractivity contribution in [2.45, 2.75) is 25.4 Å². The van der Waals surface area contributed by atoms with Crippen LogP contribution in [0.15, 0.2) is 21.9 Å². The fourth-order valence-electron chi connectivity index (χ4n) is 2.33. The Balaban J connectivity index is 2.44. The molecular formula is C13H16N2O7. The van der Waals surface area contributed by atoms with Crippen LogP contribution in [0.25, 0.3) is 6.08 Å². The minimum atomic E-state index is -1.24. The van der Waals surface area contributed by atoms with E-state index in [9.17, 15) is 19.5 Å². The lowest BCUT2D eigenvalue weighted by Crippen LogP contribution is -2.35. The number of hydrogen-bond acceptors (Lipinski definition) is 6. The monoisotopic (exact) mass is 312 g/mol. The summed E-state index contributed by atoms with van der Waals surface area (Å²) in [5, 5.41) is 27.6. The number of aliphatic carboxylic acids is 1. The Bertz CT molecular complexity index is 705. The van der Waals surface area contributed by atoms with Gasteiger partial charge in [-0.25, -0.2) is 9.59 Å². The number of aliphatic hydroxyl groups excluding tert-OH is 2. The summed E-state index contributed by atoms with van der Waals surface area (Å²) in [4.78, 5) is 36.1. The first-order chi connectivity index (χ1) is 10.3. The smallest absolute Gasteiger partial charge is 0.330 e. The normalized spacial score (nSPS) is 28.3. The molecule has 4 N–H and O–H groups in total. The lowest BCUT2D eigenvalue weighted by atomic mass is 10.0. The van der Waals surface area contributed by atoms with Crippen LogP contribution in [-0.2, 0) is 9.53 Å². The van der Waals surface area contributed by atoms with Crippen LogP contribution in [-0.4, -0.2) is 49.7 Å². The van der Waals surface area contributed by atoms with E-state index in [0.717, 1.165) is 22.9 Å². The van der Waals surface area contributed by atoms with E-state index >= 15 is 0 Å². The third-order valence-electron chi connectivity index (χ3n) is 3.54. The molecule has 4 atom stereocenters. The quantitative estimate of drug-likeness (QED) is 0.497. The molecule has 0 bridgehead atoms. The molecule has 120 valence electrons. The van der Waals surface area contributed by atoms with E-state index in [1.807, 2.05) is 0 Å². The molecular weight excluding hydrogens is 296 g/mol. The van der Waals surface area contributed by atoms with E-state index in [1.165, 1.54) is 0 Å². The lowest BCUT2D eigenvalue weighted by Gasteiger charge is -2.18. The Morgan fingerprint density at radius 1 is 1.50 bits per heavy atom. The van der Waals surface area contributed by atoms with Crippen LogP contribution < -0.4 is 11.2 Å². The number of aromatic amines is 1. The van der Waals surface area contributed by atoms with Gasteiger partial charge in [-0.2, -0.15) is 0 Å². The molecule has 1 aromatic rings. The molecule has 1 saturated heterocycles. The Kier molecular flexibility index (Phi) is 4.59. The van der Waals surface area contributed by atoms with Crippen molar-refractivity contribution < 1.29 is 24.9 Å². The van der Waals surface area contributed by atoms with Crippen molar-refractivity contribution in [3.8, 4) is 0 Å². The van der Waals surface area contributed by atoms with Gasteiger partial charge in [-0.3, -0.25) is 14.3 Å². The van der Waals surface area contributed by atoms with E-state index in [0.29, 0.717) is 0 Å². The van der Waals surface area contributed by atoms with Gasteiger partial charge in [-0.15, -0.1) is 0 Å². The Morgan fingerprint density at radius 2 is 2.18 bits per heavy atom. The van der Waals surface area contributed by atoms with Crippen LogP contribution >= 0.6 is 0 Å². The SMILES string of the molecule is C[C@H]1[C@H](O)[C@@H](CO)O[C@H]1n1cc(/C=C/C(=O)O)c(=O)[nH]c1=O. The molecule has 0 unspecified atom stereocenters. The lowest BCUT2D eigenvalue weighted by molar-refractivity contribution is -0.131. The van der Waals surface area contributed by atoms with Gasteiger partial charge in [0.05, 0.1) is 18.3 Å². The average Bonchev–Trinajstić information content (AvgIpc) is 2.74. The van der Waals surface area contributed by atoms with Crippen molar-refractivity contribution in [2.24, 2.45) is 5.92 Å². The molecule has 0 spiro atoms. The van der Waals surface area contributed by atoms with E-state index in [-0.39, 0.29) is 5.56 Å². The number of aliphatic hydroxyl groups is 2. The molecule has 0 aromatic carbocycles. The first kappa shape index (κ1) is 16.1. The summed E-state index contributed by atoms with van der Waals surface area (Å²) in [6.45, 7) is 1.22. The molecule has 0 saturated carbocycles. The van der Waals surface area contributed by atoms with Gasteiger partial charge in [-0.1, -0.05) is 6.92 Å². The van der Waals surface area contributed by atoms with Gasteiger partial charge in [0.25, 0.3) is 5.56 Å². The topological polar surface area (TPSA) is 142 Å². The van der Waals surface area contributed by atoms with Crippen molar-refractivity contribution in [3.63, 3.8) is 0 Å². The predicted octanol–water partition coefficient (Wildman–Crippen LogP) is -1.48. The molecule has 1 aliphatic rings. The second-order valence-electron chi connectivity index (χ2n) is 5.02. The van der Waals surface area contributed by atoms with Gasteiger partial charge in [-0.05, 0) is 6.08 Å². The molecule has 9 heteroatoms. The van der Waals surface area contributed by atoms with Crippen molar-refractivity contribution in [1.29, 1.82) is 0 Å². The fraction of sp³-hybridized carbons (Fsp3) is 0.462. The number of aromatic nitrogens is 2. The maximum absolute atomic E-state index is 11.9.